The molecule has 2 aromatic heterocycles. The number of aliphatic hydroxyl groups is 1. The molecule has 2 N–H and O–H groups in total. The highest BCUT2D eigenvalue weighted by atomic mass is 35.5. The Morgan fingerprint density at radius 1 is 1.12 bits per heavy atom. The van der Waals surface area contributed by atoms with Crippen LogP contribution < -0.4 is 5.32 Å². The molecule has 2 saturated carbocycles. The van der Waals surface area contributed by atoms with Crippen molar-refractivity contribution in [3.05, 3.63) is 40.8 Å². The van der Waals surface area contributed by atoms with Crippen LogP contribution in [0.4, 0.5) is 11.6 Å². The SMILES string of the molecule is Cc1c(Nc2ncc3cc(Cl)c(C4CCN(C5(C)CCCC5O)CC4)cc3n2)cnn1C1CC1. The largest absolute Gasteiger partial charge is 0.391 e. The number of likely N-dealkylation sites (tertiary alicyclic amines) is 1. The predicted octanol–water partition coefficient (Wildman–Crippen LogP) is 5.35. The van der Waals surface area contributed by atoms with Gasteiger partial charge in [0.1, 0.15) is 0 Å². The summed E-state index contributed by atoms with van der Waals surface area (Å²) in [4.78, 5) is 11.8. The number of anilines is 2. The Labute approximate surface area is 205 Å². The smallest absolute Gasteiger partial charge is 0.227 e. The first kappa shape index (κ1) is 22.3. The molecule has 0 spiro atoms. The molecule has 3 heterocycles. The van der Waals surface area contributed by atoms with E-state index in [1.807, 2.05) is 18.5 Å². The summed E-state index contributed by atoms with van der Waals surface area (Å²) in [5, 5.41) is 20.2. The molecule has 3 aromatic rings. The second kappa shape index (κ2) is 8.47. The minimum atomic E-state index is -0.212. The van der Waals surface area contributed by atoms with E-state index in [4.69, 9.17) is 16.6 Å². The third kappa shape index (κ3) is 3.88. The van der Waals surface area contributed by atoms with Crippen molar-refractivity contribution in [3.8, 4) is 0 Å². The second-order valence-corrected chi connectivity index (χ2v) is 11.0. The number of benzene rings is 1. The predicted molar refractivity (Wildman–Crippen MR) is 135 cm³/mol. The fraction of sp³-hybridized carbons (Fsp3) is 0.577. The Hall–Kier alpha value is -2.22. The summed E-state index contributed by atoms with van der Waals surface area (Å²) in [6.45, 7) is 6.31. The molecule has 3 aliphatic rings. The average Bonchev–Trinajstić information content (AvgIpc) is 3.54. The van der Waals surface area contributed by atoms with Crippen molar-refractivity contribution in [2.75, 3.05) is 18.4 Å². The van der Waals surface area contributed by atoms with Crippen LogP contribution in [0.2, 0.25) is 5.02 Å². The maximum Gasteiger partial charge on any atom is 0.227 e. The van der Waals surface area contributed by atoms with Crippen LogP contribution in [0.3, 0.4) is 0 Å². The number of nitrogens with zero attached hydrogens (tertiary/aromatic N) is 5. The summed E-state index contributed by atoms with van der Waals surface area (Å²) in [6, 6.07) is 4.70. The van der Waals surface area contributed by atoms with Gasteiger partial charge >= 0.3 is 0 Å². The Bertz CT molecular complexity index is 1220. The molecular formula is C26H33ClN6O. The number of halogens is 1. The van der Waals surface area contributed by atoms with E-state index in [0.717, 1.165) is 72.5 Å². The minimum absolute atomic E-state index is 0.0720. The third-order valence-corrected chi connectivity index (χ3v) is 8.75. The third-order valence-electron chi connectivity index (χ3n) is 8.42. The zero-order valence-corrected chi connectivity index (χ0v) is 20.7. The molecule has 1 aromatic carbocycles. The van der Waals surface area contributed by atoms with E-state index >= 15 is 0 Å². The van der Waals surface area contributed by atoms with Gasteiger partial charge in [0.2, 0.25) is 5.95 Å². The number of aromatic nitrogens is 4. The van der Waals surface area contributed by atoms with E-state index < -0.39 is 0 Å². The molecule has 2 atom stereocenters. The van der Waals surface area contributed by atoms with Gasteiger partial charge in [0.05, 0.1) is 35.2 Å². The first-order valence-corrected chi connectivity index (χ1v) is 13.0. The molecule has 34 heavy (non-hydrogen) atoms. The highest BCUT2D eigenvalue weighted by Gasteiger charge is 2.43. The van der Waals surface area contributed by atoms with Crippen LogP contribution in [0.1, 0.15) is 75.1 Å². The number of rotatable bonds is 5. The van der Waals surface area contributed by atoms with Crippen LogP contribution in [0.5, 0.6) is 0 Å². The van der Waals surface area contributed by atoms with Gasteiger partial charge in [-0.3, -0.25) is 9.58 Å². The monoisotopic (exact) mass is 480 g/mol. The van der Waals surface area contributed by atoms with E-state index in [-0.39, 0.29) is 11.6 Å². The van der Waals surface area contributed by atoms with Gasteiger partial charge in [0, 0.05) is 22.1 Å². The van der Waals surface area contributed by atoms with Crippen molar-refractivity contribution in [2.24, 2.45) is 0 Å². The fourth-order valence-electron chi connectivity index (χ4n) is 6.00. The molecule has 1 aliphatic heterocycles. The molecule has 0 bridgehead atoms. The second-order valence-electron chi connectivity index (χ2n) is 10.6. The summed E-state index contributed by atoms with van der Waals surface area (Å²) in [5.74, 6) is 0.984. The maximum atomic E-state index is 10.5. The van der Waals surface area contributed by atoms with Gasteiger partial charge in [-0.1, -0.05) is 11.6 Å². The number of fused-ring (bicyclic) bond motifs is 1. The van der Waals surface area contributed by atoms with Crippen molar-refractivity contribution >= 4 is 34.1 Å². The van der Waals surface area contributed by atoms with Crippen LogP contribution in [-0.2, 0) is 0 Å². The molecule has 0 amide bonds. The lowest BCUT2D eigenvalue weighted by Gasteiger charge is -2.45. The molecule has 8 heteroatoms. The average molecular weight is 481 g/mol. The topological polar surface area (TPSA) is 79.1 Å². The Kier molecular flexibility index (Phi) is 5.54. The quantitative estimate of drug-likeness (QED) is 0.512. The van der Waals surface area contributed by atoms with Crippen molar-refractivity contribution < 1.29 is 5.11 Å². The number of hydrogen-bond donors (Lipinski definition) is 2. The minimum Gasteiger partial charge on any atom is -0.391 e. The maximum absolute atomic E-state index is 10.5. The van der Waals surface area contributed by atoms with E-state index in [1.165, 1.54) is 18.4 Å². The molecule has 0 radical (unpaired) electrons. The Balaban J connectivity index is 1.21. The normalized spacial score (nSPS) is 26.4. The van der Waals surface area contributed by atoms with Gasteiger partial charge in [0.25, 0.3) is 0 Å². The first-order valence-electron chi connectivity index (χ1n) is 12.6. The lowest BCUT2D eigenvalue weighted by Crippen LogP contribution is -2.54. The zero-order chi connectivity index (χ0) is 23.4. The summed E-state index contributed by atoms with van der Waals surface area (Å²) < 4.78 is 2.10. The van der Waals surface area contributed by atoms with Crippen LogP contribution in [-0.4, -0.2) is 54.5 Å². The van der Waals surface area contributed by atoms with Gasteiger partial charge in [-0.2, -0.15) is 5.10 Å². The van der Waals surface area contributed by atoms with Crippen molar-refractivity contribution in [3.63, 3.8) is 0 Å². The lowest BCUT2D eigenvalue weighted by atomic mass is 9.85. The molecule has 1 saturated heterocycles. The number of piperidine rings is 1. The van der Waals surface area contributed by atoms with Crippen LogP contribution in [0, 0.1) is 6.92 Å². The van der Waals surface area contributed by atoms with Gasteiger partial charge in [-0.25, -0.2) is 9.97 Å². The van der Waals surface area contributed by atoms with Gasteiger partial charge in [-0.05, 0) is 95.5 Å². The van der Waals surface area contributed by atoms with E-state index in [9.17, 15) is 5.11 Å². The van der Waals surface area contributed by atoms with Gasteiger partial charge in [0.15, 0.2) is 0 Å². The van der Waals surface area contributed by atoms with Crippen molar-refractivity contribution in [1.29, 1.82) is 0 Å². The highest BCUT2D eigenvalue weighted by Crippen LogP contribution is 2.41. The summed E-state index contributed by atoms with van der Waals surface area (Å²) in [5.41, 5.74) is 4.08. The van der Waals surface area contributed by atoms with Gasteiger partial charge < -0.3 is 10.4 Å². The van der Waals surface area contributed by atoms with Crippen LogP contribution >= 0.6 is 11.6 Å². The summed E-state index contributed by atoms with van der Waals surface area (Å²) >= 11 is 6.74. The molecule has 6 rings (SSSR count). The number of hydrogen-bond acceptors (Lipinski definition) is 6. The van der Waals surface area contributed by atoms with E-state index in [0.29, 0.717) is 17.9 Å². The van der Waals surface area contributed by atoms with Crippen molar-refractivity contribution in [2.45, 2.75) is 82.4 Å². The van der Waals surface area contributed by atoms with Gasteiger partial charge in [-0.15, -0.1) is 0 Å². The fourth-order valence-corrected chi connectivity index (χ4v) is 6.32. The summed E-state index contributed by atoms with van der Waals surface area (Å²) in [7, 11) is 0. The molecule has 2 aliphatic carbocycles. The zero-order valence-electron chi connectivity index (χ0n) is 20.0. The lowest BCUT2D eigenvalue weighted by molar-refractivity contribution is -0.0125. The highest BCUT2D eigenvalue weighted by molar-refractivity contribution is 6.32. The standard InChI is InChI=1S/C26H33ClN6O/c1-16-23(15-29-33(16)19-5-6-19)31-25-28-14-18-12-21(27)20(13-22(18)30-25)17-7-10-32(11-8-17)26(2)9-3-4-24(26)34/h12-15,17,19,24,34H,3-11H2,1-2H3,(H,28,30,31). The number of aliphatic hydroxyl groups excluding tert-OH is 1. The van der Waals surface area contributed by atoms with E-state index in [2.05, 4.69) is 44.9 Å². The Morgan fingerprint density at radius 3 is 2.62 bits per heavy atom. The molecule has 2 unspecified atom stereocenters. The van der Waals surface area contributed by atoms with E-state index in [1.54, 1.807) is 0 Å². The number of nitrogens with one attached hydrogen (secondary N) is 1. The molecule has 3 fully saturated rings. The Morgan fingerprint density at radius 2 is 1.91 bits per heavy atom. The molecular weight excluding hydrogens is 448 g/mol. The van der Waals surface area contributed by atoms with Crippen LogP contribution in [0.25, 0.3) is 10.9 Å². The first-order chi connectivity index (χ1) is 16.4. The molecule has 180 valence electrons. The van der Waals surface area contributed by atoms with Crippen molar-refractivity contribution in [1.82, 2.24) is 24.6 Å². The van der Waals surface area contributed by atoms with Crippen LogP contribution in [0.15, 0.2) is 24.5 Å². The molecule has 7 nitrogen and oxygen atoms in total. The summed E-state index contributed by atoms with van der Waals surface area (Å²) in [6.07, 6.45) is 11.1.